The number of hydrazone groups is 1. The molecule has 5 nitrogen and oxygen atoms in total. The first-order valence-electron chi connectivity index (χ1n) is 8.44. The Labute approximate surface area is 172 Å². The van der Waals surface area contributed by atoms with Gasteiger partial charge in [-0.3, -0.25) is 5.43 Å². The Morgan fingerprint density at radius 2 is 1.89 bits per heavy atom. The second kappa shape index (κ2) is 10.8. The first kappa shape index (κ1) is 21.1. The van der Waals surface area contributed by atoms with Gasteiger partial charge in [-0.1, -0.05) is 12.1 Å². The van der Waals surface area contributed by atoms with E-state index in [1.165, 1.54) is 12.1 Å². The van der Waals surface area contributed by atoms with Crippen LogP contribution in [0.1, 0.15) is 25.0 Å². The average molecular weight is 454 g/mol. The van der Waals surface area contributed by atoms with E-state index >= 15 is 0 Å². The van der Waals surface area contributed by atoms with Crippen molar-refractivity contribution in [3.8, 4) is 11.5 Å². The lowest BCUT2D eigenvalue weighted by Crippen LogP contribution is -2.31. The molecule has 0 saturated heterocycles. The van der Waals surface area contributed by atoms with E-state index in [-0.39, 0.29) is 5.82 Å². The first-order valence-corrected chi connectivity index (χ1v) is 9.64. The summed E-state index contributed by atoms with van der Waals surface area (Å²) >= 11 is 8.58. The van der Waals surface area contributed by atoms with E-state index < -0.39 is 0 Å². The monoisotopic (exact) mass is 453 g/mol. The van der Waals surface area contributed by atoms with Crippen molar-refractivity contribution >= 4 is 39.5 Å². The first-order chi connectivity index (χ1) is 13.0. The Hall–Kier alpha value is -2.19. The van der Waals surface area contributed by atoms with Crippen molar-refractivity contribution in [3.63, 3.8) is 0 Å². The van der Waals surface area contributed by atoms with Crippen molar-refractivity contribution in [1.29, 1.82) is 0 Å². The molecule has 2 aromatic carbocycles. The number of nitrogens with zero attached hydrogens (tertiary/aromatic N) is 1. The highest BCUT2D eigenvalue weighted by Gasteiger charge is 2.10. The summed E-state index contributed by atoms with van der Waals surface area (Å²) in [5.41, 5.74) is 4.41. The Kier molecular flexibility index (Phi) is 8.47. The number of thiocarbonyl (C=S) groups is 1. The summed E-state index contributed by atoms with van der Waals surface area (Å²) in [5.74, 6) is 0.905. The number of rotatable bonds is 8. The number of hydrogen-bond acceptors (Lipinski definition) is 4. The van der Waals surface area contributed by atoms with Gasteiger partial charge in [0.2, 0.25) is 0 Å². The molecule has 0 aliphatic heterocycles. The van der Waals surface area contributed by atoms with Crippen molar-refractivity contribution in [1.82, 2.24) is 10.7 Å². The molecule has 0 aliphatic rings. The molecule has 0 amide bonds. The van der Waals surface area contributed by atoms with Gasteiger partial charge in [0, 0.05) is 16.6 Å². The number of benzene rings is 2. The summed E-state index contributed by atoms with van der Waals surface area (Å²) in [6, 6.07) is 9.83. The number of ether oxygens (including phenoxy) is 2. The maximum atomic E-state index is 13.0. The van der Waals surface area contributed by atoms with E-state index in [1.54, 1.807) is 18.3 Å². The molecule has 0 fully saturated rings. The average Bonchev–Trinajstić information content (AvgIpc) is 2.64. The molecular weight excluding hydrogens is 433 g/mol. The standard InChI is InChI=1S/C19H21BrFN3O2S/c1-3-22-19(27)24-23-11-14-9-17(25-4-2)18(10-16(14)20)26-12-13-5-7-15(21)8-6-13/h5-11H,3-4,12H2,1-2H3,(H2,22,24,27)/b23-11-. The molecule has 2 rings (SSSR count). The summed E-state index contributed by atoms with van der Waals surface area (Å²) in [6.45, 7) is 5.37. The van der Waals surface area contributed by atoms with Crippen LogP contribution in [0.15, 0.2) is 46.0 Å². The molecule has 0 spiro atoms. The van der Waals surface area contributed by atoms with Gasteiger partial charge in [0.15, 0.2) is 16.6 Å². The highest BCUT2D eigenvalue weighted by molar-refractivity contribution is 9.10. The quantitative estimate of drug-likeness (QED) is 0.352. The molecule has 27 heavy (non-hydrogen) atoms. The largest absolute Gasteiger partial charge is 0.490 e. The number of halogens is 2. The highest BCUT2D eigenvalue weighted by Crippen LogP contribution is 2.33. The molecule has 0 unspecified atom stereocenters. The Balaban J connectivity index is 2.13. The smallest absolute Gasteiger partial charge is 0.186 e. The summed E-state index contributed by atoms with van der Waals surface area (Å²) in [4.78, 5) is 0. The van der Waals surface area contributed by atoms with Gasteiger partial charge in [-0.15, -0.1) is 0 Å². The molecule has 8 heteroatoms. The van der Waals surface area contributed by atoms with Crippen LogP contribution in [0.25, 0.3) is 0 Å². The molecule has 2 N–H and O–H groups in total. The molecule has 0 aliphatic carbocycles. The predicted molar refractivity (Wildman–Crippen MR) is 113 cm³/mol. The number of nitrogens with one attached hydrogen (secondary N) is 2. The normalized spacial score (nSPS) is 10.7. The van der Waals surface area contributed by atoms with Crippen LogP contribution in [0, 0.1) is 5.82 Å². The summed E-state index contributed by atoms with van der Waals surface area (Å²) < 4.78 is 25.3. The van der Waals surface area contributed by atoms with Crippen LogP contribution in [0.4, 0.5) is 4.39 Å². The van der Waals surface area contributed by atoms with Gasteiger partial charge in [0.1, 0.15) is 12.4 Å². The zero-order chi connectivity index (χ0) is 19.6. The van der Waals surface area contributed by atoms with E-state index in [4.69, 9.17) is 21.7 Å². The second-order valence-electron chi connectivity index (χ2n) is 5.40. The molecule has 0 radical (unpaired) electrons. The van der Waals surface area contributed by atoms with Gasteiger partial charge in [-0.25, -0.2) is 4.39 Å². The Morgan fingerprint density at radius 3 is 2.56 bits per heavy atom. The van der Waals surface area contributed by atoms with Crippen molar-refractivity contribution in [2.24, 2.45) is 5.10 Å². The SMILES string of the molecule is CCNC(=S)N/N=C\c1cc(OCC)c(OCc2ccc(F)cc2)cc1Br. The van der Waals surface area contributed by atoms with E-state index in [1.807, 2.05) is 26.0 Å². The minimum Gasteiger partial charge on any atom is -0.490 e. The Bertz CT molecular complexity index is 800. The molecule has 0 saturated carbocycles. The minimum atomic E-state index is -0.276. The van der Waals surface area contributed by atoms with Gasteiger partial charge in [0.05, 0.1) is 12.8 Å². The molecule has 144 valence electrons. The maximum absolute atomic E-state index is 13.0. The van der Waals surface area contributed by atoms with E-state index in [2.05, 4.69) is 31.8 Å². The molecule has 2 aromatic rings. The summed E-state index contributed by atoms with van der Waals surface area (Å²) in [6.07, 6.45) is 1.64. The predicted octanol–water partition coefficient (Wildman–Crippen LogP) is 4.38. The van der Waals surface area contributed by atoms with Crippen molar-refractivity contribution in [2.45, 2.75) is 20.5 Å². The molecule has 0 heterocycles. The molecule has 0 aromatic heterocycles. The topological polar surface area (TPSA) is 54.9 Å². The summed E-state index contributed by atoms with van der Waals surface area (Å²) in [7, 11) is 0. The molecule has 0 bridgehead atoms. The van der Waals surface area contributed by atoms with Crippen LogP contribution in [-0.2, 0) is 6.61 Å². The van der Waals surface area contributed by atoms with Gasteiger partial charge in [-0.2, -0.15) is 5.10 Å². The zero-order valence-electron chi connectivity index (χ0n) is 15.1. The third-order valence-corrected chi connectivity index (χ3v) is 4.30. The fraction of sp³-hybridized carbons (Fsp3) is 0.263. The van der Waals surface area contributed by atoms with Crippen LogP contribution in [0.5, 0.6) is 11.5 Å². The van der Waals surface area contributed by atoms with Crippen molar-refractivity contribution < 1.29 is 13.9 Å². The van der Waals surface area contributed by atoms with Gasteiger partial charge in [0.25, 0.3) is 0 Å². The highest BCUT2D eigenvalue weighted by atomic mass is 79.9. The second-order valence-corrected chi connectivity index (χ2v) is 6.66. The zero-order valence-corrected chi connectivity index (χ0v) is 17.5. The fourth-order valence-electron chi connectivity index (χ4n) is 2.13. The summed E-state index contributed by atoms with van der Waals surface area (Å²) in [5, 5.41) is 7.52. The third-order valence-electron chi connectivity index (χ3n) is 3.38. The lowest BCUT2D eigenvalue weighted by molar-refractivity contribution is 0.269. The van der Waals surface area contributed by atoms with Gasteiger partial charge in [-0.05, 0) is 71.8 Å². The molecular formula is C19H21BrFN3O2S. The van der Waals surface area contributed by atoms with E-state index in [0.29, 0.717) is 29.8 Å². The third kappa shape index (κ3) is 6.80. The van der Waals surface area contributed by atoms with Crippen molar-refractivity contribution in [3.05, 3.63) is 57.8 Å². The fourth-order valence-corrected chi connectivity index (χ4v) is 2.75. The lowest BCUT2D eigenvalue weighted by Gasteiger charge is -2.14. The van der Waals surface area contributed by atoms with Gasteiger partial charge >= 0.3 is 0 Å². The Morgan fingerprint density at radius 1 is 1.19 bits per heavy atom. The van der Waals surface area contributed by atoms with Gasteiger partial charge < -0.3 is 14.8 Å². The maximum Gasteiger partial charge on any atom is 0.186 e. The van der Waals surface area contributed by atoms with E-state index in [0.717, 1.165) is 22.1 Å². The lowest BCUT2D eigenvalue weighted by atomic mass is 10.2. The van der Waals surface area contributed by atoms with Crippen molar-refractivity contribution in [2.75, 3.05) is 13.2 Å². The molecule has 0 atom stereocenters. The van der Waals surface area contributed by atoms with Crippen LogP contribution in [0.3, 0.4) is 0 Å². The van der Waals surface area contributed by atoms with Crippen LogP contribution in [0.2, 0.25) is 0 Å². The van der Waals surface area contributed by atoms with Crippen LogP contribution >= 0.6 is 28.1 Å². The minimum absolute atomic E-state index is 0.276. The van der Waals surface area contributed by atoms with Crippen LogP contribution < -0.4 is 20.2 Å². The van der Waals surface area contributed by atoms with Crippen LogP contribution in [-0.4, -0.2) is 24.5 Å². The van der Waals surface area contributed by atoms with E-state index in [9.17, 15) is 4.39 Å². The number of hydrogen-bond donors (Lipinski definition) is 2.